The van der Waals surface area contributed by atoms with Crippen molar-refractivity contribution in [2.45, 2.75) is 0 Å². The normalized spacial score (nSPS) is 10.1. The van der Waals surface area contributed by atoms with Gasteiger partial charge in [0.2, 0.25) is 0 Å². The van der Waals surface area contributed by atoms with Gasteiger partial charge in [-0.25, -0.2) is 9.18 Å². The minimum Gasteiger partial charge on any atom is -0.508 e. The standard InChI is InChI=1S/C13H10FNO3/c14-9-4-5-12(15-13(17)18)11(7-9)8-2-1-3-10(16)6-8/h1-7,15-16H,(H,17,18). The molecule has 0 saturated heterocycles. The predicted molar refractivity (Wildman–Crippen MR) is 65.1 cm³/mol. The first-order chi connectivity index (χ1) is 8.56. The molecule has 92 valence electrons. The van der Waals surface area contributed by atoms with Crippen molar-refractivity contribution in [2.75, 3.05) is 5.32 Å². The molecule has 0 bridgehead atoms. The predicted octanol–water partition coefficient (Wildman–Crippen LogP) is 3.29. The number of benzene rings is 2. The highest BCUT2D eigenvalue weighted by Gasteiger charge is 2.09. The lowest BCUT2D eigenvalue weighted by Crippen LogP contribution is -2.08. The molecular formula is C13H10FNO3. The van der Waals surface area contributed by atoms with Crippen LogP contribution in [0.1, 0.15) is 0 Å². The number of halogens is 1. The van der Waals surface area contributed by atoms with Crippen LogP contribution in [0.5, 0.6) is 5.75 Å². The molecule has 18 heavy (non-hydrogen) atoms. The third-order valence-electron chi connectivity index (χ3n) is 2.38. The second-order valence-electron chi connectivity index (χ2n) is 3.67. The topological polar surface area (TPSA) is 69.6 Å². The fourth-order valence-electron chi connectivity index (χ4n) is 1.65. The summed E-state index contributed by atoms with van der Waals surface area (Å²) in [5.74, 6) is -0.456. The van der Waals surface area contributed by atoms with E-state index in [2.05, 4.69) is 5.32 Å². The van der Waals surface area contributed by atoms with Gasteiger partial charge < -0.3 is 10.2 Å². The van der Waals surface area contributed by atoms with Crippen LogP contribution in [0.3, 0.4) is 0 Å². The van der Waals surface area contributed by atoms with Crippen molar-refractivity contribution in [1.82, 2.24) is 0 Å². The maximum Gasteiger partial charge on any atom is 0.409 e. The molecule has 0 aliphatic heterocycles. The van der Waals surface area contributed by atoms with Gasteiger partial charge in [-0.3, -0.25) is 5.32 Å². The molecule has 0 fully saturated rings. The van der Waals surface area contributed by atoms with Crippen LogP contribution in [-0.2, 0) is 0 Å². The summed E-state index contributed by atoms with van der Waals surface area (Å²) in [5, 5.41) is 20.3. The lowest BCUT2D eigenvalue weighted by molar-refractivity contribution is 0.210. The molecule has 0 aliphatic rings. The molecule has 2 aromatic carbocycles. The number of phenolic OH excluding ortho intramolecular Hbond substituents is 1. The van der Waals surface area contributed by atoms with Gasteiger partial charge in [-0.15, -0.1) is 0 Å². The number of carboxylic acid groups (broad SMARTS) is 1. The van der Waals surface area contributed by atoms with E-state index in [-0.39, 0.29) is 11.4 Å². The minimum absolute atomic E-state index is 0.0260. The lowest BCUT2D eigenvalue weighted by atomic mass is 10.0. The molecule has 0 unspecified atom stereocenters. The van der Waals surface area contributed by atoms with Crippen molar-refractivity contribution in [2.24, 2.45) is 0 Å². The minimum atomic E-state index is -1.23. The van der Waals surface area contributed by atoms with Crippen molar-refractivity contribution < 1.29 is 19.4 Å². The van der Waals surface area contributed by atoms with Gasteiger partial charge in [0.05, 0.1) is 5.69 Å². The van der Waals surface area contributed by atoms with E-state index < -0.39 is 11.9 Å². The summed E-state index contributed by atoms with van der Waals surface area (Å²) in [5.41, 5.74) is 1.15. The van der Waals surface area contributed by atoms with Crippen molar-refractivity contribution in [3.63, 3.8) is 0 Å². The summed E-state index contributed by atoms with van der Waals surface area (Å²) in [6.45, 7) is 0. The molecule has 0 heterocycles. The van der Waals surface area contributed by atoms with Gasteiger partial charge in [0, 0.05) is 5.56 Å². The average Bonchev–Trinajstić information content (AvgIpc) is 2.31. The molecule has 2 rings (SSSR count). The van der Waals surface area contributed by atoms with Crippen LogP contribution in [0.15, 0.2) is 42.5 Å². The second-order valence-corrected chi connectivity index (χ2v) is 3.67. The molecule has 5 heteroatoms. The molecule has 4 nitrogen and oxygen atoms in total. The van der Waals surface area contributed by atoms with Gasteiger partial charge in [0.1, 0.15) is 11.6 Å². The fraction of sp³-hybridized carbons (Fsp3) is 0. The first-order valence-corrected chi connectivity index (χ1v) is 5.15. The van der Waals surface area contributed by atoms with Crippen LogP contribution in [0.2, 0.25) is 0 Å². The van der Waals surface area contributed by atoms with Gasteiger partial charge >= 0.3 is 6.09 Å². The second kappa shape index (κ2) is 4.75. The van der Waals surface area contributed by atoms with E-state index in [1.807, 2.05) is 0 Å². The zero-order valence-electron chi connectivity index (χ0n) is 9.22. The van der Waals surface area contributed by atoms with Crippen LogP contribution in [0.4, 0.5) is 14.9 Å². The number of amides is 1. The van der Waals surface area contributed by atoms with E-state index in [1.165, 1.54) is 24.3 Å². The molecule has 3 N–H and O–H groups in total. The molecule has 0 aliphatic carbocycles. The molecule has 0 spiro atoms. The van der Waals surface area contributed by atoms with Gasteiger partial charge in [-0.2, -0.15) is 0 Å². The maximum absolute atomic E-state index is 13.2. The van der Waals surface area contributed by atoms with E-state index >= 15 is 0 Å². The number of carbonyl (C=O) groups is 1. The Morgan fingerprint density at radius 1 is 1.17 bits per heavy atom. The first-order valence-electron chi connectivity index (χ1n) is 5.15. The van der Waals surface area contributed by atoms with E-state index in [0.717, 1.165) is 6.07 Å². The van der Waals surface area contributed by atoms with Crippen LogP contribution in [-0.4, -0.2) is 16.3 Å². The largest absolute Gasteiger partial charge is 0.508 e. The zero-order chi connectivity index (χ0) is 13.1. The number of nitrogens with one attached hydrogen (secondary N) is 1. The highest BCUT2D eigenvalue weighted by atomic mass is 19.1. The molecule has 0 atom stereocenters. The summed E-state index contributed by atoms with van der Waals surface area (Å²) in [6, 6.07) is 9.87. The number of anilines is 1. The van der Waals surface area contributed by atoms with E-state index in [1.54, 1.807) is 12.1 Å². The molecule has 1 amide bonds. The Morgan fingerprint density at radius 3 is 2.61 bits per heavy atom. The monoisotopic (exact) mass is 247 g/mol. The lowest BCUT2D eigenvalue weighted by Gasteiger charge is -2.09. The molecular weight excluding hydrogens is 237 g/mol. The molecule has 2 aromatic rings. The quantitative estimate of drug-likeness (QED) is 0.762. The molecule has 0 saturated carbocycles. The molecule has 0 aromatic heterocycles. The summed E-state index contributed by atoms with van der Waals surface area (Å²) in [4.78, 5) is 10.6. The van der Waals surface area contributed by atoms with E-state index in [0.29, 0.717) is 11.1 Å². The van der Waals surface area contributed by atoms with Gasteiger partial charge in [0.15, 0.2) is 0 Å². The third kappa shape index (κ3) is 2.57. The Balaban J connectivity index is 2.54. The van der Waals surface area contributed by atoms with E-state index in [4.69, 9.17) is 5.11 Å². The van der Waals surface area contributed by atoms with Crippen LogP contribution in [0, 0.1) is 5.82 Å². The summed E-state index contributed by atoms with van der Waals surface area (Å²) >= 11 is 0. The number of hydrogen-bond donors (Lipinski definition) is 3. The summed E-state index contributed by atoms with van der Waals surface area (Å²) < 4.78 is 13.2. The van der Waals surface area contributed by atoms with Gasteiger partial charge in [0.25, 0.3) is 0 Å². The Bertz CT molecular complexity index is 599. The van der Waals surface area contributed by atoms with Crippen LogP contribution in [0.25, 0.3) is 11.1 Å². The van der Waals surface area contributed by atoms with Crippen LogP contribution < -0.4 is 5.32 Å². The highest BCUT2D eigenvalue weighted by molar-refractivity contribution is 5.90. The Hall–Kier alpha value is -2.56. The van der Waals surface area contributed by atoms with E-state index in [9.17, 15) is 14.3 Å². The molecule has 0 radical (unpaired) electrons. The van der Waals surface area contributed by atoms with Gasteiger partial charge in [-0.05, 0) is 35.9 Å². The smallest absolute Gasteiger partial charge is 0.409 e. The number of hydrogen-bond acceptors (Lipinski definition) is 2. The number of phenols is 1. The Morgan fingerprint density at radius 2 is 1.94 bits per heavy atom. The first kappa shape index (κ1) is 11.9. The van der Waals surface area contributed by atoms with Crippen LogP contribution >= 0.6 is 0 Å². The number of rotatable bonds is 2. The number of aromatic hydroxyl groups is 1. The van der Waals surface area contributed by atoms with Crippen molar-refractivity contribution >= 4 is 11.8 Å². The summed E-state index contributed by atoms with van der Waals surface area (Å²) in [7, 11) is 0. The summed E-state index contributed by atoms with van der Waals surface area (Å²) in [6.07, 6.45) is -1.23. The highest BCUT2D eigenvalue weighted by Crippen LogP contribution is 2.30. The Labute approximate surface area is 102 Å². The van der Waals surface area contributed by atoms with Crippen molar-refractivity contribution in [3.05, 3.63) is 48.3 Å². The SMILES string of the molecule is O=C(O)Nc1ccc(F)cc1-c1cccc(O)c1. The maximum atomic E-state index is 13.2. The third-order valence-corrected chi connectivity index (χ3v) is 2.38. The van der Waals surface area contributed by atoms with Gasteiger partial charge in [-0.1, -0.05) is 12.1 Å². The zero-order valence-corrected chi connectivity index (χ0v) is 9.22. The van der Waals surface area contributed by atoms with Crippen molar-refractivity contribution in [1.29, 1.82) is 0 Å². The Kier molecular flexibility index (Phi) is 3.14. The fourth-order valence-corrected chi connectivity index (χ4v) is 1.65. The average molecular weight is 247 g/mol. The van der Waals surface area contributed by atoms with Crippen molar-refractivity contribution in [3.8, 4) is 16.9 Å².